The normalized spacial score (nSPS) is 11.1. The minimum absolute atomic E-state index is 0.300. The summed E-state index contributed by atoms with van der Waals surface area (Å²) in [7, 11) is 0. The molecule has 0 bridgehead atoms. The fourth-order valence-corrected chi connectivity index (χ4v) is 4.10. The number of aromatic nitrogens is 2. The van der Waals surface area contributed by atoms with E-state index in [0.29, 0.717) is 30.0 Å². The molecule has 0 radical (unpaired) electrons. The molecule has 0 saturated carbocycles. The molecule has 38 heavy (non-hydrogen) atoms. The van der Waals surface area contributed by atoms with Gasteiger partial charge in [-0.15, -0.1) is 0 Å². The van der Waals surface area contributed by atoms with Gasteiger partial charge < -0.3 is 9.30 Å². The molecule has 0 fully saturated rings. The average molecular weight is 516 g/mol. The van der Waals surface area contributed by atoms with Gasteiger partial charge in [0.05, 0.1) is 29.6 Å². The zero-order valence-electron chi connectivity index (χ0n) is 22.2. The third-order valence-electron chi connectivity index (χ3n) is 6.37. The van der Waals surface area contributed by atoms with Crippen molar-refractivity contribution in [1.82, 2.24) is 9.55 Å². The van der Waals surface area contributed by atoms with Crippen LogP contribution in [0.4, 0.5) is 11.4 Å². The fourth-order valence-electron chi connectivity index (χ4n) is 4.10. The number of hydrogen-bond acceptors (Lipinski definition) is 6. The Morgan fingerprint density at radius 1 is 0.789 bits per heavy atom. The van der Waals surface area contributed by atoms with Crippen LogP contribution in [0.25, 0.3) is 0 Å². The van der Waals surface area contributed by atoms with Gasteiger partial charge in [0.1, 0.15) is 5.75 Å². The third kappa shape index (κ3) is 10.2. The number of unbranched alkanes of at least 4 members (excludes halogenated alkanes) is 9. The molecule has 3 rings (SSSR count). The third-order valence-corrected chi connectivity index (χ3v) is 6.37. The molecule has 0 aliphatic heterocycles. The lowest BCUT2D eigenvalue weighted by Gasteiger charge is -2.07. The number of nitrogens with zero attached hydrogens (tertiary/aromatic N) is 4. The molecule has 0 unspecified atom stereocenters. The van der Waals surface area contributed by atoms with E-state index in [9.17, 15) is 9.59 Å². The first kappa shape index (κ1) is 28.6. The summed E-state index contributed by atoms with van der Waals surface area (Å²) in [6, 6.07) is 16.7. The van der Waals surface area contributed by atoms with E-state index in [1.807, 2.05) is 24.3 Å². The maximum Gasteiger partial charge on any atom is 0.328 e. The SMILES string of the molecule is Cc1cn(CCCCCCCCCCCCOc2ccc(N=Nc3ccc(C#N)cc3)cc2)c(=O)[nH]c1=O. The lowest BCUT2D eigenvalue weighted by molar-refractivity contribution is 0.304. The summed E-state index contributed by atoms with van der Waals surface area (Å²) in [5, 5.41) is 17.3. The quantitative estimate of drug-likeness (QED) is 0.162. The average Bonchev–Trinajstić information content (AvgIpc) is 2.93. The number of H-pyrrole nitrogens is 1. The predicted molar refractivity (Wildman–Crippen MR) is 149 cm³/mol. The van der Waals surface area contributed by atoms with Crippen molar-refractivity contribution in [3.05, 3.63) is 86.7 Å². The summed E-state index contributed by atoms with van der Waals surface area (Å²) < 4.78 is 7.44. The number of rotatable bonds is 16. The zero-order valence-corrected chi connectivity index (χ0v) is 22.2. The van der Waals surface area contributed by atoms with Crippen LogP contribution in [0.2, 0.25) is 0 Å². The van der Waals surface area contributed by atoms with Crippen LogP contribution in [-0.4, -0.2) is 16.2 Å². The first-order chi connectivity index (χ1) is 18.5. The Balaban J connectivity index is 1.16. The topological polar surface area (TPSA) is 113 Å². The van der Waals surface area contributed by atoms with E-state index in [4.69, 9.17) is 10.00 Å². The van der Waals surface area contributed by atoms with Gasteiger partial charge in [-0.1, -0.05) is 51.4 Å². The maximum absolute atomic E-state index is 11.8. The van der Waals surface area contributed by atoms with Crippen LogP contribution in [0, 0.1) is 18.3 Å². The van der Waals surface area contributed by atoms with Crippen LogP contribution in [0.3, 0.4) is 0 Å². The van der Waals surface area contributed by atoms with Crippen molar-refractivity contribution in [3.63, 3.8) is 0 Å². The zero-order chi connectivity index (χ0) is 27.0. The van der Waals surface area contributed by atoms with Crippen LogP contribution in [-0.2, 0) is 6.54 Å². The van der Waals surface area contributed by atoms with Gasteiger partial charge in [-0.2, -0.15) is 15.5 Å². The Bertz CT molecular complexity index is 1300. The number of hydrogen-bond donors (Lipinski definition) is 1. The molecule has 1 aromatic heterocycles. The largest absolute Gasteiger partial charge is 0.494 e. The Labute approximate surface area is 224 Å². The van der Waals surface area contributed by atoms with E-state index in [1.54, 1.807) is 42.0 Å². The molecule has 0 spiro atoms. The monoisotopic (exact) mass is 515 g/mol. The highest BCUT2D eigenvalue weighted by Crippen LogP contribution is 2.22. The number of nitriles is 1. The molecule has 0 saturated heterocycles. The Kier molecular flexibility index (Phi) is 12.0. The Morgan fingerprint density at radius 3 is 1.89 bits per heavy atom. The second-order valence-electron chi connectivity index (χ2n) is 9.50. The van der Waals surface area contributed by atoms with E-state index in [1.165, 1.54) is 44.9 Å². The van der Waals surface area contributed by atoms with Crippen molar-refractivity contribution in [1.29, 1.82) is 5.26 Å². The van der Waals surface area contributed by atoms with Crippen LogP contribution >= 0.6 is 0 Å². The number of aryl methyl sites for hydroxylation is 2. The number of ether oxygens (including phenoxy) is 1. The van der Waals surface area contributed by atoms with E-state index in [0.717, 1.165) is 30.7 Å². The number of nitrogens with one attached hydrogen (secondary N) is 1. The molecule has 0 amide bonds. The summed E-state index contributed by atoms with van der Waals surface area (Å²) in [4.78, 5) is 25.5. The molecule has 8 heteroatoms. The number of azo groups is 1. The van der Waals surface area contributed by atoms with Gasteiger partial charge in [0.15, 0.2) is 0 Å². The molecular formula is C30H37N5O3. The van der Waals surface area contributed by atoms with Crippen LogP contribution in [0.15, 0.2) is 74.5 Å². The standard InChI is InChI=1S/C30H37N5O3/c1-24-23-35(30(37)32-29(24)36)20-10-8-6-4-2-3-5-7-9-11-21-38-28-18-16-27(17-19-28)34-33-26-14-12-25(22-31)13-15-26/h12-19,23H,2-11,20-21H2,1H3,(H,32,36,37). The predicted octanol–water partition coefficient (Wildman–Crippen LogP) is 7.11. The Morgan fingerprint density at radius 2 is 1.32 bits per heavy atom. The van der Waals surface area contributed by atoms with Gasteiger partial charge in [0.2, 0.25) is 0 Å². The molecular weight excluding hydrogens is 478 g/mol. The van der Waals surface area contributed by atoms with Crippen molar-refractivity contribution in [2.45, 2.75) is 77.7 Å². The fraction of sp³-hybridized carbons (Fsp3) is 0.433. The second kappa shape index (κ2) is 16.0. The van der Waals surface area contributed by atoms with E-state index < -0.39 is 0 Å². The van der Waals surface area contributed by atoms with E-state index >= 15 is 0 Å². The smallest absolute Gasteiger partial charge is 0.328 e. The highest BCUT2D eigenvalue weighted by Gasteiger charge is 2.01. The number of aromatic amines is 1. The van der Waals surface area contributed by atoms with Crippen molar-refractivity contribution in [2.75, 3.05) is 6.61 Å². The first-order valence-electron chi connectivity index (χ1n) is 13.5. The summed E-state index contributed by atoms with van der Waals surface area (Å²) in [6.07, 6.45) is 13.3. The van der Waals surface area contributed by atoms with Gasteiger partial charge in [-0.25, -0.2) is 4.79 Å². The molecule has 1 heterocycles. The lowest BCUT2D eigenvalue weighted by Crippen LogP contribution is -2.30. The molecule has 0 aliphatic carbocycles. The number of benzene rings is 2. The van der Waals surface area contributed by atoms with Gasteiger partial charge in [0.25, 0.3) is 5.56 Å². The highest BCUT2D eigenvalue weighted by molar-refractivity contribution is 5.44. The molecule has 2 aromatic carbocycles. The summed E-state index contributed by atoms with van der Waals surface area (Å²) in [5.41, 5.74) is 2.02. The lowest BCUT2D eigenvalue weighted by atomic mass is 10.1. The van der Waals surface area contributed by atoms with Gasteiger partial charge in [0, 0.05) is 18.3 Å². The van der Waals surface area contributed by atoms with Crippen LogP contribution in [0.1, 0.15) is 75.3 Å². The molecule has 200 valence electrons. The van der Waals surface area contributed by atoms with Crippen molar-refractivity contribution in [2.24, 2.45) is 10.2 Å². The maximum atomic E-state index is 11.8. The molecule has 0 atom stereocenters. The molecule has 0 aliphatic rings. The minimum atomic E-state index is -0.316. The summed E-state index contributed by atoms with van der Waals surface area (Å²) >= 11 is 0. The molecule has 3 aromatic rings. The van der Waals surface area contributed by atoms with Gasteiger partial charge in [-0.05, 0) is 68.3 Å². The van der Waals surface area contributed by atoms with Crippen molar-refractivity contribution < 1.29 is 4.74 Å². The summed E-state index contributed by atoms with van der Waals surface area (Å²) in [6.45, 7) is 3.09. The van der Waals surface area contributed by atoms with Crippen LogP contribution in [0.5, 0.6) is 5.75 Å². The van der Waals surface area contributed by atoms with E-state index in [2.05, 4.69) is 21.3 Å². The summed E-state index contributed by atoms with van der Waals surface area (Å²) in [5.74, 6) is 0.836. The second-order valence-corrected chi connectivity index (χ2v) is 9.50. The van der Waals surface area contributed by atoms with Crippen molar-refractivity contribution in [3.8, 4) is 11.8 Å². The van der Waals surface area contributed by atoms with Gasteiger partial charge >= 0.3 is 5.69 Å². The first-order valence-corrected chi connectivity index (χ1v) is 13.5. The van der Waals surface area contributed by atoms with Gasteiger partial charge in [-0.3, -0.25) is 9.78 Å². The minimum Gasteiger partial charge on any atom is -0.494 e. The highest BCUT2D eigenvalue weighted by atomic mass is 16.5. The van der Waals surface area contributed by atoms with E-state index in [-0.39, 0.29) is 11.2 Å². The molecule has 1 N–H and O–H groups in total. The van der Waals surface area contributed by atoms with Crippen molar-refractivity contribution >= 4 is 11.4 Å². The molecule has 8 nitrogen and oxygen atoms in total. The van der Waals surface area contributed by atoms with Crippen LogP contribution < -0.4 is 16.0 Å². The Hall–Kier alpha value is -3.99.